The Morgan fingerprint density at radius 1 is 1.55 bits per heavy atom. The van der Waals surface area contributed by atoms with Gasteiger partial charge < -0.3 is 10.3 Å². The monoisotopic (exact) mass is 152 g/mol. The number of furan rings is 1. The zero-order chi connectivity index (χ0) is 8.43. The van der Waals surface area contributed by atoms with Crippen molar-refractivity contribution in [1.29, 1.82) is 0 Å². The van der Waals surface area contributed by atoms with Crippen LogP contribution in [0.15, 0.2) is 15.6 Å². The van der Waals surface area contributed by atoms with E-state index in [1.165, 1.54) is 0 Å². The minimum absolute atomic E-state index is 0.805. The summed E-state index contributed by atoms with van der Waals surface area (Å²) in [5.41, 5.74) is 1.80. The van der Waals surface area contributed by atoms with Gasteiger partial charge in [0.25, 0.3) is 0 Å². The number of aryl methyl sites for hydroxylation is 2. The Labute approximate surface area is 65.9 Å². The molecule has 0 bridgehead atoms. The third-order valence-corrected chi connectivity index (χ3v) is 1.62. The van der Waals surface area contributed by atoms with E-state index in [0.29, 0.717) is 0 Å². The third kappa shape index (κ3) is 1.42. The molecule has 0 saturated heterocycles. The number of rotatable bonds is 1. The molecular weight excluding hydrogens is 140 g/mol. The van der Waals surface area contributed by atoms with Crippen LogP contribution in [-0.4, -0.2) is 5.71 Å². The van der Waals surface area contributed by atoms with E-state index >= 15 is 0 Å². The van der Waals surface area contributed by atoms with E-state index in [4.69, 9.17) is 10.3 Å². The predicted molar refractivity (Wildman–Crippen MR) is 44.6 cm³/mol. The molecule has 1 aromatic heterocycles. The first-order valence-corrected chi connectivity index (χ1v) is 3.47. The van der Waals surface area contributed by atoms with E-state index in [1.807, 2.05) is 26.8 Å². The van der Waals surface area contributed by atoms with Crippen molar-refractivity contribution in [2.75, 3.05) is 0 Å². The average molecular weight is 152 g/mol. The molecule has 1 aromatic rings. The van der Waals surface area contributed by atoms with E-state index in [9.17, 15) is 0 Å². The summed E-state index contributed by atoms with van der Waals surface area (Å²) < 4.78 is 5.30. The number of hydrogen-bond acceptors (Lipinski definition) is 3. The molecule has 3 nitrogen and oxygen atoms in total. The molecule has 0 radical (unpaired) electrons. The Morgan fingerprint density at radius 2 is 2.18 bits per heavy atom. The molecule has 0 aliphatic heterocycles. The minimum Gasteiger partial charge on any atom is -0.466 e. The van der Waals surface area contributed by atoms with Crippen molar-refractivity contribution in [3.63, 3.8) is 0 Å². The fourth-order valence-electron chi connectivity index (χ4n) is 1.06. The summed E-state index contributed by atoms with van der Waals surface area (Å²) in [4.78, 5) is 0. The topological polar surface area (TPSA) is 51.5 Å². The Balaban J connectivity index is 3.13. The van der Waals surface area contributed by atoms with Crippen LogP contribution in [0.3, 0.4) is 0 Å². The molecule has 0 aromatic carbocycles. The number of nitrogens with two attached hydrogens (primary N) is 1. The highest BCUT2D eigenvalue weighted by Crippen LogP contribution is 2.13. The number of hydrazone groups is 1. The molecule has 0 fully saturated rings. The molecule has 3 heteroatoms. The van der Waals surface area contributed by atoms with Crippen molar-refractivity contribution in [1.82, 2.24) is 0 Å². The zero-order valence-electron chi connectivity index (χ0n) is 7.01. The standard InChI is InChI=1S/C8H12N2O/c1-5-4-8(6(2)10-9)7(3)11-5/h4H,9H2,1-3H3. The molecule has 60 valence electrons. The van der Waals surface area contributed by atoms with E-state index in [1.54, 1.807) is 0 Å². The molecule has 0 amide bonds. The fourth-order valence-corrected chi connectivity index (χ4v) is 1.06. The summed E-state index contributed by atoms with van der Waals surface area (Å²) in [6.07, 6.45) is 0. The maximum absolute atomic E-state index is 5.30. The SMILES string of the molecule is CC(=NN)c1cc(C)oc1C. The van der Waals surface area contributed by atoms with Gasteiger partial charge in [0.1, 0.15) is 11.5 Å². The van der Waals surface area contributed by atoms with Crippen LogP contribution in [-0.2, 0) is 0 Å². The van der Waals surface area contributed by atoms with Gasteiger partial charge in [0.05, 0.1) is 5.71 Å². The molecule has 0 spiro atoms. The lowest BCUT2D eigenvalue weighted by Crippen LogP contribution is -1.98. The van der Waals surface area contributed by atoms with Crippen molar-refractivity contribution in [3.05, 3.63) is 23.2 Å². The Hall–Kier alpha value is -1.25. The van der Waals surface area contributed by atoms with Gasteiger partial charge in [-0.05, 0) is 26.8 Å². The molecule has 2 N–H and O–H groups in total. The Kier molecular flexibility index (Phi) is 1.98. The van der Waals surface area contributed by atoms with Crippen LogP contribution in [0.1, 0.15) is 24.0 Å². The third-order valence-electron chi connectivity index (χ3n) is 1.62. The molecule has 0 unspecified atom stereocenters. The smallest absolute Gasteiger partial charge is 0.110 e. The fraction of sp³-hybridized carbons (Fsp3) is 0.375. The highest BCUT2D eigenvalue weighted by atomic mass is 16.3. The molecule has 0 aliphatic rings. The van der Waals surface area contributed by atoms with Gasteiger partial charge in [0.2, 0.25) is 0 Å². The van der Waals surface area contributed by atoms with Crippen LogP contribution < -0.4 is 5.84 Å². The van der Waals surface area contributed by atoms with Crippen molar-refractivity contribution >= 4 is 5.71 Å². The highest BCUT2D eigenvalue weighted by Gasteiger charge is 2.06. The molecule has 0 saturated carbocycles. The van der Waals surface area contributed by atoms with Gasteiger partial charge in [-0.15, -0.1) is 0 Å². The summed E-state index contributed by atoms with van der Waals surface area (Å²) in [7, 11) is 0. The average Bonchev–Trinajstić information content (AvgIpc) is 2.28. The first kappa shape index (κ1) is 7.85. The minimum atomic E-state index is 0.805. The van der Waals surface area contributed by atoms with E-state index < -0.39 is 0 Å². The molecule has 0 atom stereocenters. The second kappa shape index (κ2) is 2.78. The largest absolute Gasteiger partial charge is 0.466 e. The van der Waals surface area contributed by atoms with Gasteiger partial charge in [-0.1, -0.05) is 0 Å². The van der Waals surface area contributed by atoms with Crippen molar-refractivity contribution in [2.45, 2.75) is 20.8 Å². The maximum atomic E-state index is 5.30. The summed E-state index contributed by atoms with van der Waals surface area (Å²) in [5.74, 6) is 6.89. The number of nitrogens with zero attached hydrogens (tertiary/aromatic N) is 1. The first-order valence-electron chi connectivity index (χ1n) is 3.47. The molecule has 0 aliphatic carbocycles. The van der Waals surface area contributed by atoms with Crippen LogP contribution in [0.2, 0.25) is 0 Å². The molecule has 11 heavy (non-hydrogen) atoms. The van der Waals surface area contributed by atoms with Gasteiger partial charge in [0.15, 0.2) is 0 Å². The van der Waals surface area contributed by atoms with Crippen molar-refractivity contribution in [2.24, 2.45) is 10.9 Å². The highest BCUT2D eigenvalue weighted by molar-refractivity contribution is 5.99. The van der Waals surface area contributed by atoms with Gasteiger partial charge in [0, 0.05) is 5.56 Å². The van der Waals surface area contributed by atoms with E-state index in [2.05, 4.69) is 5.10 Å². The van der Waals surface area contributed by atoms with Crippen molar-refractivity contribution in [3.8, 4) is 0 Å². The normalized spacial score (nSPS) is 12.1. The summed E-state index contributed by atoms with van der Waals surface area (Å²) in [6, 6.07) is 1.93. The van der Waals surface area contributed by atoms with Crippen LogP contribution in [0, 0.1) is 13.8 Å². The zero-order valence-corrected chi connectivity index (χ0v) is 7.01. The second-order valence-electron chi connectivity index (χ2n) is 2.54. The quantitative estimate of drug-likeness (QED) is 0.377. The van der Waals surface area contributed by atoms with Crippen molar-refractivity contribution < 1.29 is 4.42 Å². The molecule has 1 heterocycles. The summed E-state index contributed by atoms with van der Waals surface area (Å²) in [6.45, 7) is 5.66. The van der Waals surface area contributed by atoms with Crippen LogP contribution >= 0.6 is 0 Å². The summed E-state index contributed by atoms with van der Waals surface area (Å²) >= 11 is 0. The molecular formula is C8H12N2O. The van der Waals surface area contributed by atoms with Gasteiger partial charge in [-0.2, -0.15) is 5.10 Å². The van der Waals surface area contributed by atoms with Gasteiger partial charge >= 0.3 is 0 Å². The second-order valence-corrected chi connectivity index (χ2v) is 2.54. The lowest BCUT2D eigenvalue weighted by atomic mass is 10.2. The van der Waals surface area contributed by atoms with Crippen LogP contribution in [0.25, 0.3) is 0 Å². The lowest BCUT2D eigenvalue weighted by molar-refractivity contribution is 0.504. The van der Waals surface area contributed by atoms with Crippen LogP contribution in [0.4, 0.5) is 0 Å². The summed E-state index contributed by atoms with van der Waals surface area (Å²) in [5, 5.41) is 3.59. The molecule has 1 rings (SSSR count). The Morgan fingerprint density at radius 3 is 2.55 bits per heavy atom. The Bertz CT molecular complexity index is 286. The lowest BCUT2D eigenvalue weighted by Gasteiger charge is -1.92. The van der Waals surface area contributed by atoms with Crippen LogP contribution in [0.5, 0.6) is 0 Å². The number of hydrogen-bond donors (Lipinski definition) is 1. The van der Waals surface area contributed by atoms with Gasteiger partial charge in [-0.3, -0.25) is 0 Å². The maximum Gasteiger partial charge on any atom is 0.110 e. The first-order chi connectivity index (χ1) is 5.15. The van der Waals surface area contributed by atoms with Gasteiger partial charge in [-0.25, -0.2) is 0 Å². The van der Waals surface area contributed by atoms with E-state index in [0.717, 1.165) is 22.8 Å². The predicted octanol–water partition coefficient (Wildman–Crippen LogP) is 1.58. The van der Waals surface area contributed by atoms with E-state index in [-0.39, 0.29) is 0 Å².